The highest BCUT2D eigenvalue weighted by atomic mass is 32.2. The molecule has 0 aromatic carbocycles. The molecule has 0 aliphatic heterocycles. The van der Waals surface area contributed by atoms with Gasteiger partial charge in [0.2, 0.25) is 15.9 Å². The zero-order valence-electron chi connectivity index (χ0n) is 8.09. The van der Waals surface area contributed by atoms with E-state index in [2.05, 4.69) is 4.98 Å². The van der Waals surface area contributed by atoms with Gasteiger partial charge in [0.1, 0.15) is 4.90 Å². The molecule has 1 fully saturated rings. The van der Waals surface area contributed by atoms with Crippen molar-refractivity contribution < 1.29 is 13.2 Å². The Bertz CT molecular complexity index is 454. The van der Waals surface area contributed by atoms with Gasteiger partial charge in [0.25, 0.3) is 0 Å². The van der Waals surface area contributed by atoms with Gasteiger partial charge in [0, 0.05) is 6.20 Å². The van der Waals surface area contributed by atoms with Gasteiger partial charge >= 0.3 is 0 Å². The SMILES string of the molecule is NS(=O)(=O)c1cccnc1OCC1CC1. The molecule has 0 saturated heterocycles. The Labute approximate surface area is 88.3 Å². The van der Waals surface area contributed by atoms with Crippen molar-refractivity contribution >= 4 is 10.0 Å². The number of ether oxygens (including phenoxy) is 1. The maximum atomic E-state index is 11.2. The van der Waals surface area contributed by atoms with Gasteiger partial charge in [-0.3, -0.25) is 0 Å². The van der Waals surface area contributed by atoms with E-state index in [9.17, 15) is 8.42 Å². The van der Waals surface area contributed by atoms with Crippen LogP contribution in [0.2, 0.25) is 0 Å². The number of hydrogen-bond acceptors (Lipinski definition) is 4. The molecular weight excluding hydrogens is 216 g/mol. The second kappa shape index (κ2) is 3.79. The summed E-state index contributed by atoms with van der Waals surface area (Å²) in [5.74, 6) is 0.646. The van der Waals surface area contributed by atoms with Crippen LogP contribution in [0.1, 0.15) is 12.8 Å². The van der Waals surface area contributed by atoms with Gasteiger partial charge in [0.05, 0.1) is 6.61 Å². The van der Waals surface area contributed by atoms with E-state index >= 15 is 0 Å². The van der Waals surface area contributed by atoms with E-state index in [1.165, 1.54) is 18.3 Å². The van der Waals surface area contributed by atoms with E-state index in [1.807, 2.05) is 0 Å². The van der Waals surface area contributed by atoms with Crippen LogP contribution in [0.3, 0.4) is 0 Å². The Kier molecular flexibility index (Phi) is 2.62. The Hall–Kier alpha value is -1.14. The van der Waals surface area contributed by atoms with Crippen LogP contribution in [0.4, 0.5) is 0 Å². The van der Waals surface area contributed by atoms with Gasteiger partial charge in [-0.05, 0) is 30.9 Å². The predicted octanol–water partition coefficient (Wildman–Crippen LogP) is 0.518. The van der Waals surface area contributed by atoms with Gasteiger partial charge < -0.3 is 4.74 Å². The van der Waals surface area contributed by atoms with E-state index in [0.29, 0.717) is 12.5 Å². The van der Waals surface area contributed by atoms with E-state index in [0.717, 1.165) is 12.8 Å². The molecule has 0 unspecified atom stereocenters. The van der Waals surface area contributed by atoms with Crippen LogP contribution in [0.5, 0.6) is 5.88 Å². The summed E-state index contributed by atoms with van der Waals surface area (Å²) in [5, 5.41) is 5.03. The first-order chi connectivity index (χ1) is 7.07. The third kappa shape index (κ3) is 2.66. The summed E-state index contributed by atoms with van der Waals surface area (Å²) in [6.07, 6.45) is 3.76. The van der Waals surface area contributed by atoms with Crippen LogP contribution < -0.4 is 9.88 Å². The Morgan fingerprint density at radius 1 is 1.53 bits per heavy atom. The molecule has 1 aromatic heterocycles. The van der Waals surface area contributed by atoms with Crippen molar-refractivity contribution in [3.05, 3.63) is 18.3 Å². The summed E-state index contributed by atoms with van der Waals surface area (Å²) < 4.78 is 27.7. The summed E-state index contributed by atoms with van der Waals surface area (Å²) in [4.78, 5) is 3.81. The smallest absolute Gasteiger partial charge is 0.243 e. The largest absolute Gasteiger partial charge is 0.476 e. The number of aromatic nitrogens is 1. The molecular formula is C9H12N2O3S. The summed E-state index contributed by atoms with van der Waals surface area (Å²) in [6.45, 7) is 0.513. The lowest BCUT2D eigenvalue weighted by Crippen LogP contribution is -2.15. The number of pyridine rings is 1. The molecule has 0 radical (unpaired) electrons. The first-order valence-electron chi connectivity index (χ1n) is 4.68. The molecule has 15 heavy (non-hydrogen) atoms. The molecule has 1 aromatic rings. The van der Waals surface area contributed by atoms with Crippen LogP contribution in [-0.4, -0.2) is 20.0 Å². The van der Waals surface area contributed by atoms with Crippen LogP contribution in [-0.2, 0) is 10.0 Å². The molecule has 0 atom stereocenters. The van der Waals surface area contributed by atoms with Crippen molar-refractivity contribution in [1.82, 2.24) is 4.98 Å². The molecule has 82 valence electrons. The summed E-state index contributed by atoms with van der Waals surface area (Å²) in [5.41, 5.74) is 0. The highest BCUT2D eigenvalue weighted by Gasteiger charge is 2.24. The van der Waals surface area contributed by atoms with Gasteiger partial charge in [-0.15, -0.1) is 0 Å². The topological polar surface area (TPSA) is 82.3 Å². The highest BCUT2D eigenvalue weighted by molar-refractivity contribution is 7.89. The molecule has 6 heteroatoms. The van der Waals surface area contributed by atoms with Crippen molar-refractivity contribution in [2.75, 3.05) is 6.61 Å². The van der Waals surface area contributed by atoms with Crippen LogP contribution in [0.25, 0.3) is 0 Å². The summed E-state index contributed by atoms with van der Waals surface area (Å²) >= 11 is 0. The van der Waals surface area contributed by atoms with Gasteiger partial charge in [-0.2, -0.15) is 0 Å². The van der Waals surface area contributed by atoms with Crippen molar-refractivity contribution in [1.29, 1.82) is 0 Å². The maximum absolute atomic E-state index is 11.2. The molecule has 0 amide bonds. The fraction of sp³-hybridized carbons (Fsp3) is 0.444. The molecule has 1 saturated carbocycles. The predicted molar refractivity (Wildman–Crippen MR) is 53.8 cm³/mol. The maximum Gasteiger partial charge on any atom is 0.243 e. The number of nitrogens with zero attached hydrogens (tertiary/aromatic N) is 1. The molecule has 1 aliphatic rings. The average molecular weight is 228 g/mol. The molecule has 1 aliphatic carbocycles. The monoisotopic (exact) mass is 228 g/mol. The molecule has 0 spiro atoms. The minimum atomic E-state index is -3.75. The molecule has 1 heterocycles. The first-order valence-corrected chi connectivity index (χ1v) is 6.22. The van der Waals surface area contributed by atoms with Gasteiger partial charge in [-0.1, -0.05) is 0 Å². The lowest BCUT2D eigenvalue weighted by molar-refractivity contribution is 0.280. The van der Waals surface area contributed by atoms with Crippen molar-refractivity contribution in [3.8, 4) is 5.88 Å². The molecule has 5 nitrogen and oxygen atoms in total. The van der Waals surface area contributed by atoms with Crippen LogP contribution in [0, 0.1) is 5.92 Å². The molecule has 2 N–H and O–H groups in total. The number of rotatable bonds is 4. The van der Waals surface area contributed by atoms with E-state index in [1.54, 1.807) is 0 Å². The molecule has 2 rings (SSSR count). The number of primary sulfonamides is 1. The van der Waals surface area contributed by atoms with E-state index in [-0.39, 0.29) is 10.8 Å². The van der Waals surface area contributed by atoms with Crippen molar-refractivity contribution in [2.45, 2.75) is 17.7 Å². The van der Waals surface area contributed by atoms with E-state index in [4.69, 9.17) is 9.88 Å². The minimum absolute atomic E-state index is 0.0503. The lowest BCUT2D eigenvalue weighted by atomic mass is 10.4. The van der Waals surface area contributed by atoms with Crippen molar-refractivity contribution in [3.63, 3.8) is 0 Å². The van der Waals surface area contributed by atoms with Crippen LogP contribution in [0.15, 0.2) is 23.2 Å². The third-order valence-corrected chi connectivity index (χ3v) is 3.12. The average Bonchev–Trinajstić information content (AvgIpc) is 2.97. The standard InChI is InChI=1S/C9H12N2O3S/c10-15(12,13)8-2-1-5-11-9(8)14-6-7-3-4-7/h1-2,5,7H,3-4,6H2,(H2,10,12,13). The number of nitrogens with two attached hydrogens (primary N) is 1. The normalized spacial score (nSPS) is 16.3. The Morgan fingerprint density at radius 3 is 2.87 bits per heavy atom. The Balaban J connectivity index is 2.20. The fourth-order valence-electron chi connectivity index (χ4n) is 1.18. The quantitative estimate of drug-likeness (QED) is 0.814. The second-order valence-electron chi connectivity index (χ2n) is 3.61. The zero-order valence-corrected chi connectivity index (χ0v) is 8.90. The summed E-state index contributed by atoms with van der Waals surface area (Å²) in [6, 6.07) is 2.91. The molecule has 0 bridgehead atoms. The lowest BCUT2D eigenvalue weighted by Gasteiger charge is -2.07. The van der Waals surface area contributed by atoms with Crippen LogP contribution >= 0.6 is 0 Å². The summed E-state index contributed by atoms with van der Waals surface area (Å²) in [7, 11) is -3.75. The number of sulfonamides is 1. The highest BCUT2D eigenvalue weighted by Crippen LogP contribution is 2.30. The van der Waals surface area contributed by atoms with Gasteiger partial charge in [-0.25, -0.2) is 18.5 Å². The van der Waals surface area contributed by atoms with Gasteiger partial charge in [0.15, 0.2) is 0 Å². The minimum Gasteiger partial charge on any atom is -0.476 e. The first kappa shape index (κ1) is 10.4. The second-order valence-corrected chi connectivity index (χ2v) is 5.14. The van der Waals surface area contributed by atoms with Crippen molar-refractivity contribution in [2.24, 2.45) is 11.1 Å². The zero-order chi connectivity index (χ0) is 10.9. The fourth-order valence-corrected chi connectivity index (χ4v) is 1.81. The number of hydrogen-bond donors (Lipinski definition) is 1. The Morgan fingerprint density at radius 2 is 2.27 bits per heavy atom. The third-order valence-electron chi connectivity index (χ3n) is 2.20. The van der Waals surface area contributed by atoms with E-state index < -0.39 is 10.0 Å².